The quantitative estimate of drug-likeness (QED) is 0.485. The van der Waals surface area contributed by atoms with E-state index < -0.39 is 0 Å². The number of fused-ring (bicyclic) bond motifs is 3. The molecule has 0 saturated heterocycles. The summed E-state index contributed by atoms with van der Waals surface area (Å²) in [6.45, 7) is 0. The Labute approximate surface area is 170 Å². The molecule has 4 rings (SSSR count). The minimum atomic E-state index is -0.132. The van der Waals surface area contributed by atoms with Gasteiger partial charge in [-0.1, -0.05) is 41.5 Å². The van der Waals surface area contributed by atoms with E-state index in [4.69, 9.17) is 41.2 Å². The first kappa shape index (κ1) is 18.0. The highest BCUT2D eigenvalue weighted by molar-refractivity contribution is 7.80. The summed E-state index contributed by atoms with van der Waals surface area (Å²) >= 11 is 17.5. The van der Waals surface area contributed by atoms with Crippen molar-refractivity contribution in [3.8, 4) is 11.1 Å². The number of hydrogen-bond donors (Lipinski definition) is 1. The van der Waals surface area contributed by atoms with Gasteiger partial charge in [-0.15, -0.1) is 0 Å². The van der Waals surface area contributed by atoms with Gasteiger partial charge >= 0.3 is 0 Å². The van der Waals surface area contributed by atoms with Crippen LogP contribution in [0.4, 0.5) is 0 Å². The molecule has 7 heteroatoms. The topological polar surface area (TPSA) is 52.9 Å². The van der Waals surface area contributed by atoms with Gasteiger partial charge in [0.25, 0.3) is 5.56 Å². The SMILES string of the molecule is Cn1c(=O)c(-c2ccc(Cl)cc2Cl)cc2c3cc(C(N)=S)ccc3n(C)c21. The van der Waals surface area contributed by atoms with Gasteiger partial charge in [-0.3, -0.25) is 9.36 Å². The Hall–Kier alpha value is -2.34. The van der Waals surface area contributed by atoms with E-state index in [1.165, 1.54) is 0 Å². The minimum Gasteiger partial charge on any atom is -0.389 e. The molecular formula is C20H15Cl2N3OS. The molecule has 0 amide bonds. The van der Waals surface area contributed by atoms with Crippen molar-refractivity contribution >= 4 is 62.3 Å². The van der Waals surface area contributed by atoms with Crippen molar-refractivity contribution in [2.24, 2.45) is 19.8 Å². The Kier molecular flexibility index (Phi) is 4.26. The number of pyridine rings is 1. The Balaban J connectivity index is 2.15. The van der Waals surface area contributed by atoms with Crippen LogP contribution in [-0.4, -0.2) is 14.1 Å². The van der Waals surface area contributed by atoms with Crippen molar-refractivity contribution in [2.75, 3.05) is 0 Å². The minimum absolute atomic E-state index is 0.132. The maximum Gasteiger partial charge on any atom is 0.259 e. The number of nitrogens with zero attached hydrogens (tertiary/aromatic N) is 2. The standard InChI is InChI=1S/C20H15Cl2N3OS/c1-24-17-6-3-10(18(23)27)7-13(17)14-9-15(20(26)25(2)19(14)24)12-5-4-11(21)8-16(12)22/h3-9H,1-2H3,(H2,23,27). The second-order valence-electron chi connectivity index (χ2n) is 6.44. The van der Waals surface area contributed by atoms with E-state index in [1.54, 1.807) is 29.8 Å². The molecule has 2 N–H and O–H groups in total. The molecule has 136 valence electrons. The van der Waals surface area contributed by atoms with Crippen LogP contribution >= 0.6 is 35.4 Å². The lowest BCUT2D eigenvalue weighted by Gasteiger charge is -2.09. The van der Waals surface area contributed by atoms with Gasteiger partial charge < -0.3 is 10.3 Å². The lowest BCUT2D eigenvalue weighted by molar-refractivity contribution is 0.846. The Morgan fingerprint density at radius 1 is 0.963 bits per heavy atom. The molecule has 27 heavy (non-hydrogen) atoms. The molecule has 4 nitrogen and oxygen atoms in total. The van der Waals surface area contributed by atoms with Gasteiger partial charge in [0.05, 0.1) is 10.5 Å². The lowest BCUT2D eigenvalue weighted by Crippen LogP contribution is -2.20. The normalized spacial score (nSPS) is 11.4. The highest BCUT2D eigenvalue weighted by atomic mass is 35.5. The Morgan fingerprint density at radius 2 is 1.70 bits per heavy atom. The predicted molar refractivity (Wildman–Crippen MR) is 117 cm³/mol. The average Bonchev–Trinajstić information content (AvgIpc) is 2.90. The molecule has 0 unspecified atom stereocenters. The number of thiocarbonyl (C=S) groups is 1. The summed E-state index contributed by atoms with van der Waals surface area (Å²) in [7, 11) is 3.69. The van der Waals surface area contributed by atoms with Crippen LogP contribution in [0.15, 0.2) is 47.3 Å². The van der Waals surface area contributed by atoms with Crippen LogP contribution in [0.1, 0.15) is 5.56 Å². The van der Waals surface area contributed by atoms with Gasteiger partial charge in [0.2, 0.25) is 0 Å². The van der Waals surface area contributed by atoms with Crippen LogP contribution in [-0.2, 0) is 14.1 Å². The van der Waals surface area contributed by atoms with Crippen LogP contribution in [0.25, 0.3) is 33.1 Å². The van der Waals surface area contributed by atoms with E-state index in [-0.39, 0.29) is 5.56 Å². The summed E-state index contributed by atoms with van der Waals surface area (Å²) in [5.74, 6) is 0. The first-order valence-corrected chi connectivity index (χ1v) is 9.33. The summed E-state index contributed by atoms with van der Waals surface area (Å²) in [5, 5.41) is 2.85. The third-order valence-corrected chi connectivity index (χ3v) is 5.64. The van der Waals surface area contributed by atoms with Crippen LogP contribution in [0.2, 0.25) is 10.0 Å². The van der Waals surface area contributed by atoms with Crippen molar-refractivity contribution in [2.45, 2.75) is 0 Å². The van der Waals surface area contributed by atoms with Gasteiger partial charge in [0, 0.05) is 46.6 Å². The highest BCUT2D eigenvalue weighted by Crippen LogP contribution is 2.33. The molecule has 0 aliphatic rings. The number of halogens is 2. The summed E-state index contributed by atoms with van der Waals surface area (Å²) in [6.07, 6.45) is 0. The van der Waals surface area contributed by atoms with Gasteiger partial charge in [-0.05, 0) is 36.4 Å². The van der Waals surface area contributed by atoms with Crippen molar-refractivity contribution in [1.82, 2.24) is 9.13 Å². The predicted octanol–water partition coefficient (Wildman–Crippen LogP) is 4.64. The zero-order valence-electron chi connectivity index (χ0n) is 14.6. The van der Waals surface area contributed by atoms with E-state index in [2.05, 4.69) is 0 Å². The van der Waals surface area contributed by atoms with Crippen LogP contribution in [0.3, 0.4) is 0 Å². The molecule has 0 radical (unpaired) electrons. The lowest BCUT2D eigenvalue weighted by atomic mass is 10.0. The third kappa shape index (κ3) is 2.74. The molecule has 2 aromatic heterocycles. The fourth-order valence-corrected chi connectivity index (χ4v) is 4.18. The van der Waals surface area contributed by atoms with E-state index in [9.17, 15) is 4.79 Å². The smallest absolute Gasteiger partial charge is 0.259 e. The highest BCUT2D eigenvalue weighted by Gasteiger charge is 2.17. The van der Waals surface area contributed by atoms with Crippen LogP contribution in [0, 0.1) is 0 Å². The van der Waals surface area contributed by atoms with E-state index in [0.29, 0.717) is 26.2 Å². The van der Waals surface area contributed by atoms with E-state index in [0.717, 1.165) is 27.5 Å². The molecule has 0 atom stereocenters. The van der Waals surface area contributed by atoms with Crippen LogP contribution < -0.4 is 11.3 Å². The second kappa shape index (κ2) is 6.37. The van der Waals surface area contributed by atoms with Gasteiger partial charge in [-0.25, -0.2) is 0 Å². The largest absolute Gasteiger partial charge is 0.389 e. The zero-order valence-corrected chi connectivity index (χ0v) is 16.9. The average molecular weight is 416 g/mol. The second-order valence-corrected chi connectivity index (χ2v) is 7.72. The first-order chi connectivity index (χ1) is 12.8. The van der Waals surface area contributed by atoms with E-state index in [1.807, 2.05) is 35.9 Å². The number of aromatic nitrogens is 2. The summed E-state index contributed by atoms with van der Waals surface area (Å²) in [6, 6.07) is 12.8. The monoisotopic (exact) mass is 415 g/mol. The Morgan fingerprint density at radius 3 is 2.37 bits per heavy atom. The molecule has 0 aliphatic heterocycles. The molecule has 0 fully saturated rings. The van der Waals surface area contributed by atoms with Crippen molar-refractivity contribution in [3.05, 3.63) is 68.4 Å². The Bertz CT molecular complexity index is 1320. The van der Waals surface area contributed by atoms with Gasteiger partial charge in [0.1, 0.15) is 10.6 Å². The number of rotatable bonds is 2. The zero-order chi connectivity index (χ0) is 19.5. The first-order valence-electron chi connectivity index (χ1n) is 8.17. The number of hydrogen-bond acceptors (Lipinski definition) is 2. The molecule has 0 bridgehead atoms. The van der Waals surface area contributed by atoms with Crippen molar-refractivity contribution < 1.29 is 0 Å². The summed E-state index contributed by atoms with van der Waals surface area (Å²) in [5.41, 5.74) is 9.41. The summed E-state index contributed by atoms with van der Waals surface area (Å²) < 4.78 is 3.62. The van der Waals surface area contributed by atoms with E-state index >= 15 is 0 Å². The number of benzene rings is 2. The van der Waals surface area contributed by atoms with Crippen molar-refractivity contribution in [1.29, 1.82) is 0 Å². The third-order valence-electron chi connectivity index (χ3n) is 4.85. The van der Waals surface area contributed by atoms with Crippen molar-refractivity contribution in [3.63, 3.8) is 0 Å². The molecule has 0 spiro atoms. The van der Waals surface area contributed by atoms with Gasteiger partial charge in [-0.2, -0.15) is 0 Å². The molecule has 2 heterocycles. The fraction of sp³-hybridized carbons (Fsp3) is 0.100. The summed E-state index contributed by atoms with van der Waals surface area (Å²) in [4.78, 5) is 13.4. The molecule has 4 aromatic rings. The number of nitrogens with two attached hydrogens (primary N) is 1. The molecule has 2 aromatic carbocycles. The maximum absolute atomic E-state index is 13.0. The van der Waals surface area contributed by atoms with Gasteiger partial charge in [0.15, 0.2) is 0 Å². The number of aryl methyl sites for hydroxylation is 2. The molecule has 0 saturated carbocycles. The maximum atomic E-state index is 13.0. The molecular weight excluding hydrogens is 401 g/mol. The van der Waals surface area contributed by atoms with Crippen LogP contribution in [0.5, 0.6) is 0 Å². The molecule has 0 aliphatic carbocycles. The fourth-order valence-electron chi connectivity index (χ4n) is 3.54.